The molecule has 8 rings (SSSR count). The van der Waals surface area contributed by atoms with E-state index in [-0.39, 0.29) is 29.8 Å². The van der Waals surface area contributed by atoms with Crippen molar-refractivity contribution >= 4 is 34.4 Å². The van der Waals surface area contributed by atoms with Gasteiger partial charge in [0.15, 0.2) is 5.82 Å². The Morgan fingerprint density at radius 3 is 2.16 bits per heavy atom. The van der Waals surface area contributed by atoms with E-state index in [0.717, 1.165) is 69.5 Å². The van der Waals surface area contributed by atoms with Crippen LogP contribution in [0.5, 0.6) is 0 Å². The lowest BCUT2D eigenvalue weighted by Crippen LogP contribution is -2.47. The van der Waals surface area contributed by atoms with Crippen molar-refractivity contribution in [2.75, 3.05) is 39.5 Å². The van der Waals surface area contributed by atoms with Gasteiger partial charge in [-0.05, 0) is 86.8 Å². The molecule has 0 radical (unpaired) electrons. The minimum atomic E-state index is -0.589. The first-order chi connectivity index (χ1) is 27.3. The van der Waals surface area contributed by atoms with E-state index in [1.807, 2.05) is 109 Å². The predicted molar refractivity (Wildman–Crippen MR) is 217 cm³/mol. The van der Waals surface area contributed by atoms with Crippen LogP contribution in [0, 0.1) is 0 Å². The summed E-state index contributed by atoms with van der Waals surface area (Å²) in [4.78, 5) is 55.2. The van der Waals surface area contributed by atoms with Crippen molar-refractivity contribution in [3.05, 3.63) is 126 Å². The van der Waals surface area contributed by atoms with Crippen molar-refractivity contribution in [1.29, 1.82) is 0 Å². The number of carbonyl (C=O) groups excluding carboxylic acids is 3. The maximum absolute atomic E-state index is 13.9. The highest BCUT2D eigenvalue weighted by Gasteiger charge is 2.38. The van der Waals surface area contributed by atoms with Gasteiger partial charge in [-0.25, -0.2) is 4.98 Å². The second-order valence-corrected chi connectivity index (χ2v) is 14.9. The zero-order valence-corrected chi connectivity index (χ0v) is 31.9. The first-order valence-corrected chi connectivity index (χ1v) is 19.3. The molecule has 0 bridgehead atoms. The van der Waals surface area contributed by atoms with Gasteiger partial charge in [0.25, 0.3) is 0 Å². The summed E-state index contributed by atoms with van der Waals surface area (Å²) in [5.41, 5.74) is 6.48. The zero-order chi connectivity index (χ0) is 38.8. The molecule has 286 valence electrons. The van der Waals surface area contributed by atoms with E-state index >= 15 is 0 Å². The summed E-state index contributed by atoms with van der Waals surface area (Å²) in [6, 6.07) is 32.1. The molecule has 3 amide bonds. The van der Waals surface area contributed by atoms with Crippen LogP contribution in [0.4, 0.5) is 5.82 Å². The molecule has 4 N–H and O–H groups in total. The number of aromatic nitrogens is 4. The number of carbonyl (C=O) groups is 3. The molecule has 12 heteroatoms. The molecule has 6 aromatic rings. The van der Waals surface area contributed by atoms with Crippen LogP contribution in [-0.2, 0) is 14.4 Å². The topological polar surface area (TPSA) is 142 Å². The molecule has 0 saturated carbocycles. The van der Waals surface area contributed by atoms with Crippen molar-refractivity contribution in [3.63, 3.8) is 0 Å². The molecule has 2 fully saturated rings. The van der Waals surface area contributed by atoms with Crippen molar-refractivity contribution < 1.29 is 14.4 Å². The molecule has 4 atom stereocenters. The van der Waals surface area contributed by atoms with E-state index in [2.05, 4.69) is 50.1 Å². The summed E-state index contributed by atoms with van der Waals surface area (Å²) in [5, 5.41) is 14.4. The Balaban J connectivity index is 0.959. The standard InChI is InChI=1S/C44H47N9O3/c1-45-38(30-12-6-4-7-13-30)43(55)53-25-11-17-37(53)42(54)48-40-33-26-32(22-23-34(33)49-50-40)28-18-20-29(21-19-28)35-27-46-41(47-35)36-16-10-24-52(36)44(56)39(51(2)3)31-14-8-5-9-15-31/h4-9,12-15,18-23,26-27,36-39,45H,10-11,16-17,24-25H2,1-3H3,(H,46,47)(H2,48,49,50,54)/t36-,37-,38+,39+/m0/s1. The highest BCUT2D eigenvalue weighted by molar-refractivity contribution is 6.04. The number of benzene rings is 4. The SMILES string of the molecule is CN[C@@H](C(=O)N1CCC[C@H]1C(=O)Nc1n[nH]c2ccc(-c3ccc(-c4cnc([C@@H]5CCCN5C(=O)[C@@H](c5ccccc5)N(C)C)[nH]4)cc3)cc12)c1ccccc1. The fourth-order valence-electron chi connectivity index (χ4n) is 8.30. The number of amides is 3. The van der Waals surface area contributed by atoms with E-state index in [1.165, 1.54) is 0 Å². The van der Waals surface area contributed by atoms with Gasteiger partial charge in [0.2, 0.25) is 17.7 Å². The molecule has 0 aliphatic carbocycles. The Kier molecular flexibility index (Phi) is 10.5. The van der Waals surface area contributed by atoms with Gasteiger partial charge in [0.1, 0.15) is 23.9 Å². The van der Waals surface area contributed by atoms with E-state index in [9.17, 15) is 14.4 Å². The first kappa shape index (κ1) is 36.8. The number of likely N-dealkylation sites (N-methyl/N-ethyl adjacent to an activating group) is 2. The summed E-state index contributed by atoms with van der Waals surface area (Å²) >= 11 is 0. The van der Waals surface area contributed by atoms with Crippen LogP contribution in [-0.4, -0.2) is 92.9 Å². The Hall–Kier alpha value is -6.11. The summed E-state index contributed by atoms with van der Waals surface area (Å²) < 4.78 is 0. The molecule has 2 saturated heterocycles. The molecule has 0 unspecified atom stereocenters. The maximum atomic E-state index is 13.9. The van der Waals surface area contributed by atoms with Gasteiger partial charge in [-0.1, -0.05) is 91.0 Å². The number of aromatic amines is 2. The number of rotatable bonds is 11. The fourth-order valence-corrected chi connectivity index (χ4v) is 8.30. The van der Waals surface area contributed by atoms with E-state index in [1.54, 1.807) is 11.9 Å². The number of H-pyrrole nitrogens is 2. The van der Waals surface area contributed by atoms with E-state index in [0.29, 0.717) is 25.3 Å². The lowest BCUT2D eigenvalue weighted by molar-refractivity contribution is -0.138. The average Bonchev–Trinajstić information content (AvgIpc) is 4.06. The summed E-state index contributed by atoms with van der Waals surface area (Å²) in [7, 11) is 5.65. The lowest BCUT2D eigenvalue weighted by atomic mass is 10.0. The van der Waals surface area contributed by atoms with Crippen LogP contribution in [0.1, 0.15) is 60.8 Å². The monoisotopic (exact) mass is 749 g/mol. The second-order valence-electron chi connectivity index (χ2n) is 14.9. The second kappa shape index (κ2) is 15.9. The molecule has 12 nitrogen and oxygen atoms in total. The van der Waals surface area contributed by atoms with Gasteiger partial charge in [-0.2, -0.15) is 5.10 Å². The Morgan fingerprint density at radius 1 is 0.786 bits per heavy atom. The number of fused-ring (bicyclic) bond motifs is 1. The normalized spacial score (nSPS) is 18.1. The molecular weight excluding hydrogens is 703 g/mol. The van der Waals surface area contributed by atoms with E-state index < -0.39 is 12.1 Å². The molecule has 2 aliphatic heterocycles. The van der Waals surface area contributed by atoms with Gasteiger partial charge < -0.3 is 25.4 Å². The number of hydrogen-bond donors (Lipinski definition) is 4. The smallest absolute Gasteiger partial charge is 0.248 e. The molecule has 56 heavy (non-hydrogen) atoms. The first-order valence-electron chi connectivity index (χ1n) is 19.3. The number of imidazole rings is 1. The Morgan fingerprint density at radius 2 is 1.45 bits per heavy atom. The van der Waals surface area contributed by atoms with Crippen molar-refractivity contribution in [1.82, 2.24) is 40.2 Å². The summed E-state index contributed by atoms with van der Waals surface area (Å²) in [5.74, 6) is 0.942. The van der Waals surface area contributed by atoms with Crippen LogP contribution < -0.4 is 10.6 Å². The van der Waals surface area contributed by atoms with Gasteiger partial charge in [-0.3, -0.25) is 24.4 Å². The van der Waals surface area contributed by atoms with Crippen molar-refractivity contribution in [2.24, 2.45) is 0 Å². The van der Waals surface area contributed by atoms with Gasteiger partial charge in [0, 0.05) is 18.5 Å². The number of nitrogens with zero attached hydrogens (tertiary/aromatic N) is 5. The fraction of sp³-hybridized carbons (Fsp3) is 0.295. The third-order valence-electron chi connectivity index (χ3n) is 11.2. The molecule has 2 aliphatic rings. The molecule has 4 heterocycles. The third-order valence-corrected chi connectivity index (χ3v) is 11.2. The third kappa shape index (κ3) is 7.20. The maximum Gasteiger partial charge on any atom is 0.248 e. The summed E-state index contributed by atoms with van der Waals surface area (Å²) in [6.07, 6.45) is 4.96. The van der Waals surface area contributed by atoms with Crippen molar-refractivity contribution in [3.8, 4) is 22.4 Å². The van der Waals surface area contributed by atoms with Crippen molar-refractivity contribution in [2.45, 2.75) is 49.9 Å². The van der Waals surface area contributed by atoms with Crippen LogP contribution in [0.2, 0.25) is 0 Å². The van der Waals surface area contributed by atoms with Crippen LogP contribution in [0.25, 0.3) is 33.3 Å². The molecule has 2 aromatic heterocycles. The van der Waals surface area contributed by atoms with Gasteiger partial charge in [0.05, 0.1) is 23.4 Å². The number of likely N-dealkylation sites (tertiary alicyclic amines) is 2. The van der Waals surface area contributed by atoms with Crippen LogP contribution >= 0.6 is 0 Å². The van der Waals surface area contributed by atoms with E-state index in [4.69, 9.17) is 4.98 Å². The highest BCUT2D eigenvalue weighted by Crippen LogP contribution is 2.36. The van der Waals surface area contributed by atoms with Gasteiger partial charge >= 0.3 is 0 Å². The molecule has 4 aromatic carbocycles. The zero-order valence-electron chi connectivity index (χ0n) is 31.9. The predicted octanol–water partition coefficient (Wildman–Crippen LogP) is 6.48. The number of nitrogens with one attached hydrogen (secondary N) is 4. The molecule has 0 spiro atoms. The summed E-state index contributed by atoms with van der Waals surface area (Å²) in [6.45, 7) is 1.22. The Labute approximate surface area is 326 Å². The number of hydrogen-bond acceptors (Lipinski definition) is 7. The number of anilines is 1. The largest absolute Gasteiger partial charge is 0.340 e. The quantitative estimate of drug-likeness (QED) is 0.119. The lowest BCUT2D eigenvalue weighted by Gasteiger charge is -2.31. The minimum Gasteiger partial charge on any atom is -0.340 e. The van der Waals surface area contributed by atoms with Crippen LogP contribution in [0.15, 0.2) is 109 Å². The van der Waals surface area contributed by atoms with Crippen LogP contribution in [0.3, 0.4) is 0 Å². The molecular formula is C44H47N9O3. The Bertz CT molecular complexity index is 2320. The van der Waals surface area contributed by atoms with Gasteiger partial charge in [-0.15, -0.1) is 0 Å². The highest BCUT2D eigenvalue weighted by atomic mass is 16.2. The minimum absolute atomic E-state index is 0.0837. The average molecular weight is 750 g/mol.